The lowest BCUT2D eigenvalue weighted by molar-refractivity contribution is -0.115. The van der Waals surface area contributed by atoms with E-state index in [1.807, 2.05) is 24.3 Å². The summed E-state index contributed by atoms with van der Waals surface area (Å²) in [5, 5.41) is 5.39. The van der Waals surface area contributed by atoms with Crippen LogP contribution in [0.15, 0.2) is 54.6 Å². The number of hydrogen-bond acceptors (Lipinski definition) is 3. The first-order valence-corrected chi connectivity index (χ1v) is 8.60. The van der Waals surface area contributed by atoms with Gasteiger partial charge < -0.3 is 15.4 Å². The summed E-state index contributed by atoms with van der Waals surface area (Å²) in [6.45, 7) is -0.0819. The van der Waals surface area contributed by atoms with Gasteiger partial charge in [0, 0.05) is 17.3 Å². The van der Waals surface area contributed by atoms with Gasteiger partial charge in [-0.2, -0.15) is 0 Å². The lowest BCUT2D eigenvalue weighted by atomic mass is 10.2. The SMILES string of the molecule is O=C(CNC(=O)c1ccccc1)Nc1cccc(OC2CCCC2)c1. The number of carbonyl (C=O) groups excluding carboxylic acids is 2. The van der Waals surface area contributed by atoms with Gasteiger partial charge >= 0.3 is 0 Å². The first-order chi connectivity index (χ1) is 12.2. The van der Waals surface area contributed by atoms with Gasteiger partial charge in [-0.25, -0.2) is 0 Å². The standard InChI is InChI=1S/C20H22N2O3/c23-19(14-21-20(24)15-7-2-1-3-8-15)22-16-9-6-12-18(13-16)25-17-10-4-5-11-17/h1-3,6-9,12-13,17H,4-5,10-11,14H2,(H,21,24)(H,22,23). The highest BCUT2D eigenvalue weighted by Gasteiger charge is 2.16. The van der Waals surface area contributed by atoms with Crippen LogP contribution in [0.1, 0.15) is 36.0 Å². The molecule has 2 aromatic rings. The minimum absolute atomic E-state index is 0.0819. The van der Waals surface area contributed by atoms with E-state index in [1.165, 1.54) is 12.8 Å². The molecule has 0 radical (unpaired) electrons. The molecule has 1 fully saturated rings. The molecule has 0 atom stereocenters. The molecule has 1 aliphatic rings. The molecule has 0 saturated heterocycles. The Balaban J connectivity index is 1.49. The van der Waals surface area contributed by atoms with E-state index in [9.17, 15) is 9.59 Å². The quantitative estimate of drug-likeness (QED) is 0.848. The van der Waals surface area contributed by atoms with Crippen molar-refractivity contribution in [1.29, 1.82) is 0 Å². The number of benzene rings is 2. The molecule has 0 aromatic heterocycles. The zero-order valence-electron chi connectivity index (χ0n) is 14.0. The molecule has 0 heterocycles. The maximum Gasteiger partial charge on any atom is 0.251 e. The average molecular weight is 338 g/mol. The van der Waals surface area contributed by atoms with Crippen molar-refractivity contribution in [2.75, 3.05) is 11.9 Å². The summed E-state index contributed by atoms with van der Waals surface area (Å²) in [7, 11) is 0. The molecule has 2 aromatic carbocycles. The van der Waals surface area contributed by atoms with Gasteiger partial charge in [-0.3, -0.25) is 9.59 Å². The molecule has 0 bridgehead atoms. The van der Waals surface area contributed by atoms with Crippen LogP contribution < -0.4 is 15.4 Å². The minimum atomic E-state index is -0.276. The minimum Gasteiger partial charge on any atom is -0.490 e. The Bertz CT molecular complexity index is 725. The number of anilines is 1. The molecular weight excluding hydrogens is 316 g/mol. The fourth-order valence-corrected chi connectivity index (χ4v) is 2.90. The molecule has 1 aliphatic carbocycles. The van der Waals surface area contributed by atoms with Crippen LogP contribution in [0.25, 0.3) is 0 Å². The van der Waals surface area contributed by atoms with Gasteiger partial charge in [0.15, 0.2) is 0 Å². The Kier molecular flexibility index (Phi) is 5.67. The first kappa shape index (κ1) is 17.0. The van der Waals surface area contributed by atoms with Gasteiger partial charge in [0.1, 0.15) is 5.75 Å². The van der Waals surface area contributed by atoms with Gasteiger partial charge in [-0.05, 0) is 49.9 Å². The maximum absolute atomic E-state index is 12.0. The number of carbonyl (C=O) groups is 2. The smallest absolute Gasteiger partial charge is 0.251 e. The molecule has 3 rings (SSSR count). The Morgan fingerprint density at radius 3 is 2.52 bits per heavy atom. The van der Waals surface area contributed by atoms with Crippen molar-refractivity contribution in [2.24, 2.45) is 0 Å². The van der Waals surface area contributed by atoms with Gasteiger partial charge in [0.05, 0.1) is 12.6 Å². The summed E-state index contributed by atoms with van der Waals surface area (Å²) >= 11 is 0. The zero-order valence-corrected chi connectivity index (χ0v) is 14.0. The molecule has 1 saturated carbocycles. The van der Waals surface area contributed by atoms with E-state index in [-0.39, 0.29) is 24.5 Å². The summed E-state index contributed by atoms with van der Waals surface area (Å²) in [4.78, 5) is 24.0. The molecule has 0 unspecified atom stereocenters. The van der Waals surface area contributed by atoms with Crippen LogP contribution in [0.5, 0.6) is 5.75 Å². The Morgan fingerprint density at radius 2 is 1.76 bits per heavy atom. The summed E-state index contributed by atoms with van der Waals surface area (Å²) in [5.74, 6) is 0.217. The highest BCUT2D eigenvalue weighted by atomic mass is 16.5. The van der Waals surface area contributed by atoms with Gasteiger partial charge in [0.25, 0.3) is 5.91 Å². The van der Waals surface area contributed by atoms with E-state index in [0.29, 0.717) is 11.3 Å². The van der Waals surface area contributed by atoms with E-state index in [4.69, 9.17) is 4.74 Å². The monoisotopic (exact) mass is 338 g/mol. The lowest BCUT2D eigenvalue weighted by Crippen LogP contribution is -2.32. The van der Waals surface area contributed by atoms with Gasteiger partial charge in [0.2, 0.25) is 5.91 Å². The zero-order chi connectivity index (χ0) is 17.5. The van der Waals surface area contributed by atoms with Gasteiger partial charge in [-0.15, -0.1) is 0 Å². The molecular formula is C20H22N2O3. The van der Waals surface area contributed by atoms with Crippen LogP contribution in [-0.2, 0) is 4.79 Å². The van der Waals surface area contributed by atoms with Crippen molar-refractivity contribution in [3.05, 3.63) is 60.2 Å². The molecule has 0 spiro atoms. The number of nitrogens with one attached hydrogen (secondary N) is 2. The predicted octanol–water partition coefficient (Wildman–Crippen LogP) is 3.38. The number of rotatable bonds is 6. The molecule has 25 heavy (non-hydrogen) atoms. The van der Waals surface area contributed by atoms with Crippen molar-refractivity contribution in [3.63, 3.8) is 0 Å². The van der Waals surface area contributed by atoms with Crippen molar-refractivity contribution in [1.82, 2.24) is 5.32 Å². The highest BCUT2D eigenvalue weighted by Crippen LogP contribution is 2.25. The second-order valence-corrected chi connectivity index (χ2v) is 6.15. The normalized spacial score (nSPS) is 14.1. The van der Waals surface area contributed by atoms with Gasteiger partial charge in [-0.1, -0.05) is 24.3 Å². The highest BCUT2D eigenvalue weighted by molar-refractivity contribution is 5.99. The van der Waals surface area contributed by atoms with E-state index < -0.39 is 0 Å². The third-order valence-electron chi connectivity index (χ3n) is 4.17. The van der Waals surface area contributed by atoms with E-state index >= 15 is 0 Å². The van der Waals surface area contributed by atoms with Crippen LogP contribution in [0.2, 0.25) is 0 Å². The van der Waals surface area contributed by atoms with Crippen LogP contribution in [-0.4, -0.2) is 24.5 Å². The van der Waals surface area contributed by atoms with Crippen molar-refractivity contribution < 1.29 is 14.3 Å². The Hall–Kier alpha value is -2.82. The molecule has 0 aliphatic heterocycles. The van der Waals surface area contributed by atoms with Crippen molar-refractivity contribution >= 4 is 17.5 Å². The third kappa shape index (κ3) is 5.08. The molecule has 2 N–H and O–H groups in total. The number of ether oxygens (including phenoxy) is 1. The Morgan fingerprint density at radius 1 is 1.00 bits per heavy atom. The van der Waals surface area contributed by atoms with Crippen LogP contribution in [0, 0.1) is 0 Å². The lowest BCUT2D eigenvalue weighted by Gasteiger charge is -2.14. The predicted molar refractivity (Wildman–Crippen MR) is 96.7 cm³/mol. The largest absolute Gasteiger partial charge is 0.490 e. The summed E-state index contributed by atoms with van der Waals surface area (Å²) in [6, 6.07) is 16.2. The fourth-order valence-electron chi connectivity index (χ4n) is 2.90. The van der Waals surface area contributed by atoms with Crippen molar-refractivity contribution in [3.8, 4) is 5.75 Å². The molecule has 5 nitrogen and oxygen atoms in total. The maximum atomic E-state index is 12.0. The number of amides is 2. The van der Waals surface area contributed by atoms with Crippen LogP contribution in [0.3, 0.4) is 0 Å². The third-order valence-corrected chi connectivity index (χ3v) is 4.17. The van der Waals surface area contributed by atoms with E-state index in [2.05, 4.69) is 10.6 Å². The topological polar surface area (TPSA) is 67.4 Å². The summed E-state index contributed by atoms with van der Waals surface area (Å²) < 4.78 is 5.93. The average Bonchev–Trinajstić information content (AvgIpc) is 3.14. The molecule has 130 valence electrons. The second kappa shape index (κ2) is 8.33. The summed E-state index contributed by atoms with van der Waals surface area (Å²) in [5.41, 5.74) is 1.19. The number of hydrogen-bond donors (Lipinski definition) is 2. The Labute approximate surface area is 147 Å². The van der Waals surface area contributed by atoms with Crippen LogP contribution in [0.4, 0.5) is 5.69 Å². The summed E-state index contributed by atoms with van der Waals surface area (Å²) in [6.07, 6.45) is 4.87. The van der Waals surface area contributed by atoms with Crippen molar-refractivity contribution in [2.45, 2.75) is 31.8 Å². The molecule has 2 amide bonds. The van der Waals surface area contributed by atoms with E-state index in [1.54, 1.807) is 30.3 Å². The van der Waals surface area contributed by atoms with E-state index in [0.717, 1.165) is 18.6 Å². The first-order valence-electron chi connectivity index (χ1n) is 8.60. The second-order valence-electron chi connectivity index (χ2n) is 6.15. The fraction of sp³-hybridized carbons (Fsp3) is 0.300. The van der Waals surface area contributed by atoms with Crippen LogP contribution >= 0.6 is 0 Å². The molecule has 5 heteroatoms.